The molecule has 2 aliphatic rings. The van der Waals surface area contributed by atoms with Crippen molar-refractivity contribution in [1.29, 1.82) is 0 Å². The van der Waals surface area contributed by atoms with Crippen LogP contribution in [0.3, 0.4) is 0 Å². The van der Waals surface area contributed by atoms with Gasteiger partial charge in [0.05, 0.1) is 9.98 Å². The van der Waals surface area contributed by atoms with Crippen LogP contribution in [0.1, 0.15) is 22.6 Å². The SMILES string of the molecule is O=C(N[C@@H]1C[C@H]2C[C@@H]1CN2)c1ncc(Br)s1. The number of hydrogen-bond donors (Lipinski definition) is 2. The van der Waals surface area contributed by atoms with E-state index in [-0.39, 0.29) is 5.91 Å². The number of amides is 1. The highest BCUT2D eigenvalue weighted by molar-refractivity contribution is 9.11. The molecular formula is C10H12BrN3OS. The summed E-state index contributed by atoms with van der Waals surface area (Å²) < 4.78 is 0.896. The lowest BCUT2D eigenvalue weighted by molar-refractivity contribution is 0.0924. The third-order valence-electron chi connectivity index (χ3n) is 3.35. The van der Waals surface area contributed by atoms with Gasteiger partial charge in [0.1, 0.15) is 0 Å². The Morgan fingerprint density at radius 2 is 2.50 bits per heavy atom. The highest BCUT2D eigenvalue weighted by Crippen LogP contribution is 2.31. The first-order valence-corrected chi connectivity index (χ1v) is 6.99. The first-order chi connectivity index (χ1) is 7.72. The molecule has 0 spiro atoms. The molecule has 0 aromatic carbocycles. The minimum atomic E-state index is -0.0340. The Bertz CT molecular complexity index is 422. The molecule has 4 nitrogen and oxygen atoms in total. The van der Waals surface area contributed by atoms with Crippen LogP contribution in [0, 0.1) is 5.92 Å². The summed E-state index contributed by atoms with van der Waals surface area (Å²) >= 11 is 4.69. The molecule has 2 N–H and O–H groups in total. The Morgan fingerprint density at radius 3 is 3.06 bits per heavy atom. The predicted molar refractivity (Wildman–Crippen MR) is 65.6 cm³/mol. The van der Waals surface area contributed by atoms with E-state index in [1.54, 1.807) is 6.20 Å². The van der Waals surface area contributed by atoms with Crippen molar-refractivity contribution in [2.24, 2.45) is 5.92 Å². The Hall–Kier alpha value is -0.460. The van der Waals surface area contributed by atoms with E-state index in [0.717, 1.165) is 16.8 Å². The molecule has 0 unspecified atom stereocenters. The summed E-state index contributed by atoms with van der Waals surface area (Å²) in [4.78, 5) is 15.9. The van der Waals surface area contributed by atoms with E-state index < -0.39 is 0 Å². The van der Waals surface area contributed by atoms with Crippen LogP contribution in [0.2, 0.25) is 0 Å². The summed E-state index contributed by atoms with van der Waals surface area (Å²) in [5.74, 6) is 0.575. The predicted octanol–water partition coefficient (Wildman–Crippen LogP) is 1.39. The quantitative estimate of drug-likeness (QED) is 0.868. The van der Waals surface area contributed by atoms with Crippen LogP contribution in [-0.4, -0.2) is 29.5 Å². The lowest BCUT2D eigenvalue weighted by Crippen LogP contribution is -2.44. The number of hydrogen-bond acceptors (Lipinski definition) is 4. The second kappa shape index (κ2) is 4.09. The van der Waals surface area contributed by atoms with Crippen molar-refractivity contribution in [3.63, 3.8) is 0 Å². The van der Waals surface area contributed by atoms with Crippen molar-refractivity contribution in [2.45, 2.75) is 24.9 Å². The number of halogens is 1. The maximum atomic E-state index is 11.9. The van der Waals surface area contributed by atoms with Crippen molar-refractivity contribution < 1.29 is 4.79 Å². The van der Waals surface area contributed by atoms with Crippen LogP contribution in [0.4, 0.5) is 0 Å². The van der Waals surface area contributed by atoms with E-state index in [4.69, 9.17) is 0 Å². The minimum Gasteiger partial charge on any atom is -0.347 e. The molecule has 1 aromatic heterocycles. The molecule has 1 amide bonds. The van der Waals surface area contributed by atoms with Gasteiger partial charge in [-0.2, -0.15) is 0 Å². The summed E-state index contributed by atoms with van der Waals surface area (Å²) in [7, 11) is 0. The first-order valence-electron chi connectivity index (χ1n) is 5.38. The maximum Gasteiger partial charge on any atom is 0.280 e. The highest BCUT2D eigenvalue weighted by Gasteiger charge is 2.40. The van der Waals surface area contributed by atoms with Crippen LogP contribution in [-0.2, 0) is 0 Å². The molecular weight excluding hydrogens is 290 g/mol. The Balaban J connectivity index is 1.65. The zero-order chi connectivity index (χ0) is 11.1. The van der Waals surface area contributed by atoms with E-state index in [1.165, 1.54) is 17.8 Å². The zero-order valence-corrected chi connectivity index (χ0v) is 11.0. The third kappa shape index (κ3) is 1.89. The third-order valence-corrected chi connectivity index (χ3v) is 4.83. The summed E-state index contributed by atoms with van der Waals surface area (Å²) in [5.41, 5.74) is 0. The molecule has 2 fully saturated rings. The average Bonchev–Trinajstić information content (AvgIpc) is 2.92. The van der Waals surface area contributed by atoms with E-state index in [2.05, 4.69) is 31.5 Å². The molecule has 1 aromatic rings. The zero-order valence-electron chi connectivity index (χ0n) is 8.57. The monoisotopic (exact) mass is 301 g/mol. The fraction of sp³-hybridized carbons (Fsp3) is 0.600. The van der Waals surface area contributed by atoms with Gasteiger partial charge >= 0.3 is 0 Å². The molecule has 1 saturated carbocycles. The number of piperidine rings is 1. The second-order valence-corrected chi connectivity index (χ2v) is 6.80. The van der Waals surface area contributed by atoms with E-state index in [1.807, 2.05) is 0 Å². The van der Waals surface area contributed by atoms with Gasteiger partial charge in [0, 0.05) is 18.6 Å². The van der Waals surface area contributed by atoms with Crippen molar-refractivity contribution in [2.75, 3.05) is 6.54 Å². The van der Waals surface area contributed by atoms with E-state index in [0.29, 0.717) is 23.0 Å². The van der Waals surface area contributed by atoms with E-state index >= 15 is 0 Å². The van der Waals surface area contributed by atoms with Gasteiger partial charge in [-0.25, -0.2) is 4.98 Å². The van der Waals surface area contributed by atoms with Gasteiger partial charge in [-0.15, -0.1) is 11.3 Å². The van der Waals surface area contributed by atoms with Gasteiger partial charge in [0.2, 0.25) is 0 Å². The van der Waals surface area contributed by atoms with Crippen molar-refractivity contribution in [3.8, 4) is 0 Å². The first kappa shape index (κ1) is 10.7. The molecule has 2 heterocycles. The topological polar surface area (TPSA) is 54.0 Å². The smallest absolute Gasteiger partial charge is 0.280 e. The summed E-state index contributed by atoms with van der Waals surface area (Å²) in [6, 6.07) is 0.944. The Kier molecular flexibility index (Phi) is 2.73. The van der Waals surface area contributed by atoms with Gasteiger partial charge in [0.15, 0.2) is 5.01 Å². The van der Waals surface area contributed by atoms with Gasteiger partial charge in [-0.1, -0.05) is 0 Å². The number of carbonyl (C=O) groups is 1. The number of fused-ring (bicyclic) bond motifs is 2. The highest BCUT2D eigenvalue weighted by atomic mass is 79.9. The fourth-order valence-electron chi connectivity index (χ4n) is 2.60. The molecule has 1 saturated heterocycles. The lowest BCUT2D eigenvalue weighted by Gasteiger charge is -2.22. The number of nitrogens with zero attached hydrogens (tertiary/aromatic N) is 1. The van der Waals surface area contributed by atoms with Gasteiger partial charge in [-0.05, 0) is 34.7 Å². The standard InChI is InChI=1S/C10H12BrN3OS/c11-8-4-13-10(16-8)9(15)14-7-2-6-1-5(7)3-12-6/h4-7,12H,1-3H2,(H,14,15)/t5-,6-,7-/m1/s1. The molecule has 3 rings (SSSR count). The number of carbonyl (C=O) groups excluding carboxylic acids is 1. The molecule has 86 valence electrons. The fourth-order valence-corrected chi connectivity index (χ4v) is 3.71. The lowest BCUT2D eigenvalue weighted by atomic mass is 10.0. The van der Waals surface area contributed by atoms with Crippen LogP contribution < -0.4 is 10.6 Å². The summed E-state index contributed by atoms with van der Waals surface area (Å²) in [6.07, 6.45) is 3.93. The largest absolute Gasteiger partial charge is 0.347 e. The van der Waals surface area contributed by atoms with Gasteiger partial charge < -0.3 is 10.6 Å². The number of rotatable bonds is 2. The van der Waals surface area contributed by atoms with Crippen LogP contribution in [0.15, 0.2) is 9.98 Å². The Labute approximate surface area is 106 Å². The van der Waals surface area contributed by atoms with Crippen LogP contribution in [0.5, 0.6) is 0 Å². The summed E-state index contributed by atoms with van der Waals surface area (Å²) in [5, 5.41) is 7.06. The van der Waals surface area contributed by atoms with Gasteiger partial charge in [-0.3, -0.25) is 4.79 Å². The second-order valence-electron chi connectivity index (χ2n) is 4.39. The van der Waals surface area contributed by atoms with E-state index in [9.17, 15) is 4.79 Å². The number of aromatic nitrogens is 1. The Morgan fingerprint density at radius 1 is 1.62 bits per heavy atom. The van der Waals surface area contributed by atoms with Crippen LogP contribution in [0.25, 0.3) is 0 Å². The summed E-state index contributed by atoms with van der Waals surface area (Å²) in [6.45, 7) is 1.04. The van der Waals surface area contributed by atoms with Crippen molar-refractivity contribution in [3.05, 3.63) is 15.0 Å². The molecule has 6 heteroatoms. The average molecular weight is 302 g/mol. The molecule has 3 atom stereocenters. The van der Waals surface area contributed by atoms with Crippen molar-refractivity contribution >= 4 is 33.2 Å². The molecule has 16 heavy (non-hydrogen) atoms. The normalized spacial score (nSPS) is 31.9. The minimum absolute atomic E-state index is 0.0340. The van der Waals surface area contributed by atoms with Crippen molar-refractivity contribution in [1.82, 2.24) is 15.6 Å². The maximum absolute atomic E-state index is 11.9. The van der Waals surface area contributed by atoms with Crippen LogP contribution >= 0.6 is 27.3 Å². The molecule has 1 aliphatic carbocycles. The molecule has 0 radical (unpaired) electrons. The molecule has 1 aliphatic heterocycles. The van der Waals surface area contributed by atoms with Gasteiger partial charge in [0.25, 0.3) is 5.91 Å². The molecule has 2 bridgehead atoms. The number of thiazole rings is 1. The number of nitrogens with one attached hydrogen (secondary N) is 2.